The summed E-state index contributed by atoms with van der Waals surface area (Å²) in [5, 5.41) is 9.80. The molecule has 24 heavy (non-hydrogen) atoms. The molecule has 0 saturated carbocycles. The first-order valence-electron chi connectivity index (χ1n) is 7.84. The molecule has 0 aliphatic rings. The molecule has 124 valence electrons. The lowest BCUT2D eigenvalue weighted by molar-refractivity contribution is 0.498. The fraction of sp³-hybridized carbons (Fsp3) is 0.278. The van der Waals surface area contributed by atoms with E-state index in [1.165, 1.54) is 5.56 Å². The van der Waals surface area contributed by atoms with E-state index in [1.807, 2.05) is 12.1 Å². The Morgan fingerprint density at radius 1 is 1.04 bits per heavy atom. The molecule has 0 spiro atoms. The molecular formula is C18H19BrN4S. The number of rotatable bonds is 6. The van der Waals surface area contributed by atoms with E-state index in [0.717, 1.165) is 33.3 Å². The molecule has 0 N–H and O–H groups in total. The minimum Gasteiger partial charge on any atom is -0.302 e. The molecule has 0 unspecified atom stereocenters. The van der Waals surface area contributed by atoms with Crippen molar-refractivity contribution in [2.75, 3.05) is 0 Å². The minimum absolute atomic E-state index is 0.522. The Kier molecular flexibility index (Phi) is 5.68. The van der Waals surface area contributed by atoms with Crippen LogP contribution in [0.2, 0.25) is 0 Å². The number of nitrogens with zero attached hydrogens (tertiary/aromatic N) is 4. The molecule has 2 aromatic heterocycles. The summed E-state index contributed by atoms with van der Waals surface area (Å²) in [5.41, 5.74) is 2.32. The lowest BCUT2D eigenvalue weighted by atomic mass is 10.2. The molecule has 0 aliphatic carbocycles. The second-order valence-corrected chi connectivity index (χ2v) is 7.82. The van der Waals surface area contributed by atoms with Gasteiger partial charge in [-0.2, -0.15) is 0 Å². The van der Waals surface area contributed by atoms with Crippen molar-refractivity contribution in [3.8, 4) is 11.4 Å². The van der Waals surface area contributed by atoms with Crippen LogP contribution in [0.15, 0.2) is 58.4 Å². The number of aromatic nitrogens is 4. The van der Waals surface area contributed by atoms with E-state index >= 15 is 0 Å². The summed E-state index contributed by atoms with van der Waals surface area (Å²) in [4.78, 5) is 4.08. The number of hydrogen-bond acceptors (Lipinski definition) is 4. The summed E-state index contributed by atoms with van der Waals surface area (Å²) in [6, 6.07) is 12.3. The van der Waals surface area contributed by atoms with E-state index < -0.39 is 0 Å². The maximum Gasteiger partial charge on any atom is 0.191 e. The average molecular weight is 403 g/mol. The highest BCUT2D eigenvalue weighted by Gasteiger charge is 2.15. The van der Waals surface area contributed by atoms with Gasteiger partial charge in [0, 0.05) is 34.7 Å². The summed E-state index contributed by atoms with van der Waals surface area (Å²) < 4.78 is 3.31. The molecule has 0 saturated heterocycles. The van der Waals surface area contributed by atoms with Crippen LogP contribution < -0.4 is 0 Å². The van der Waals surface area contributed by atoms with Gasteiger partial charge in [0.15, 0.2) is 11.0 Å². The van der Waals surface area contributed by atoms with Crippen molar-refractivity contribution in [2.24, 2.45) is 5.92 Å². The Morgan fingerprint density at radius 2 is 1.75 bits per heavy atom. The molecule has 0 amide bonds. The van der Waals surface area contributed by atoms with Crippen molar-refractivity contribution in [2.45, 2.75) is 31.3 Å². The number of pyridine rings is 1. The molecule has 2 heterocycles. The van der Waals surface area contributed by atoms with Crippen LogP contribution in [-0.4, -0.2) is 19.7 Å². The summed E-state index contributed by atoms with van der Waals surface area (Å²) in [6.07, 6.45) is 3.58. The molecular weight excluding hydrogens is 384 g/mol. The molecule has 0 bridgehead atoms. The third-order valence-corrected chi connectivity index (χ3v) is 5.05. The molecule has 0 aliphatic heterocycles. The molecule has 0 atom stereocenters. The highest BCUT2D eigenvalue weighted by molar-refractivity contribution is 9.10. The molecule has 3 aromatic rings. The minimum atomic E-state index is 0.522. The average Bonchev–Trinajstić information content (AvgIpc) is 2.97. The van der Waals surface area contributed by atoms with E-state index in [2.05, 4.69) is 73.8 Å². The van der Waals surface area contributed by atoms with E-state index in [9.17, 15) is 0 Å². The van der Waals surface area contributed by atoms with Crippen molar-refractivity contribution in [1.82, 2.24) is 19.7 Å². The van der Waals surface area contributed by atoms with Gasteiger partial charge in [-0.25, -0.2) is 0 Å². The standard InChI is InChI=1S/C18H19BrN4S/c1-13(2)11-23-17(15-7-9-20-10-8-15)21-22-18(23)24-12-14-3-5-16(19)6-4-14/h3-10,13H,11-12H2,1-2H3. The molecule has 6 heteroatoms. The molecule has 0 fully saturated rings. The Hall–Kier alpha value is -1.66. The fourth-order valence-electron chi connectivity index (χ4n) is 2.37. The van der Waals surface area contributed by atoms with E-state index in [-0.39, 0.29) is 0 Å². The zero-order valence-electron chi connectivity index (χ0n) is 13.7. The molecule has 4 nitrogen and oxygen atoms in total. The van der Waals surface area contributed by atoms with Crippen molar-refractivity contribution in [3.63, 3.8) is 0 Å². The maximum absolute atomic E-state index is 4.42. The quantitative estimate of drug-likeness (QED) is 0.540. The van der Waals surface area contributed by atoms with Gasteiger partial charge >= 0.3 is 0 Å². The van der Waals surface area contributed by atoms with Gasteiger partial charge < -0.3 is 4.57 Å². The summed E-state index contributed by atoms with van der Waals surface area (Å²) in [7, 11) is 0. The molecule has 1 aromatic carbocycles. The SMILES string of the molecule is CC(C)Cn1c(SCc2ccc(Br)cc2)nnc1-c1ccncc1. The van der Waals surface area contributed by atoms with Crippen LogP contribution >= 0.6 is 27.7 Å². The zero-order chi connectivity index (χ0) is 16.9. The van der Waals surface area contributed by atoms with Crippen molar-refractivity contribution >= 4 is 27.7 Å². The zero-order valence-corrected chi connectivity index (χ0v) is 16.1. The van der Waals surface area contributed by atoms with Crippen LogP contribution in [0.3, 0.4) is 0 Å². The Balaban J connectivity index is 1.84. The Labute approximate surface area is 154 Å². The topological polar surface area (TPSA) is 43.6 Å². The van der Waals surface area contributed by atoms with E-state index in [4.69, 9.17) is 0 Å². The summed E-state index contributed by atoms with van der Waals surface area (Å²) in [6.45, 7) is 5.31. The number of benzene rings is 1. The highest BCUT2D eigenvalue weighted by atomic mass is 79.9. The van der Waals surface area contributed by atoms with Gasteiger partial charge in [0.05, 0.1) is 0 Å². The van der Waals surface area contributed by atoms with Crippen LogP contribution in [0.5, 0.6) is 0 Å². The molecule has 3 rings (SSSR count). The summed E-state index contributed by atoms with van der Waals surface area (Å²) in [5.74, 6) is 2.30. The number of hydrogen-bond donors (Lipinski definition) is 0. The maximum atomic E-state index is 4.42. The predicted octanol–water partition coefficient (Wildman–Crippen LogP) is 5.05. The Morgan fingerprint density at radius 3 is 2.42 bits per heavy atom. The van der Waals surface area contributed by atoms with Gasteiger partial charge in [0.2, 0.25) is 0 Å². The summed E-state index contributed by atoms with van der Waals surface area (Å²) >= 11 is 5.19. The second kappa shape index (κ2) is 7.94. The van der Waals surface area contributed by atoms with Gasteiger partial charge in [-0.1, -0.05) is 53.7 Å². The first kappa shape index (κ1) is 17.2. The monoisotopic (exact) mass is 402 g/mol. The van der Waals surface area contributed by atoms with Crippen LogP contribution in [0, 0.1) is 5.92 Å². The van der Waals surface area contributed by atoms with Gasteiger partial charge in [0.25, 0.3) is 0 Å². The van der Waals surface area contributed by atoms with Gasteiger partial charge in [0.1, 0.15) is 0 Å². The fourth-order valence-corrected chi connectivity index (χ4v) is 3.54. The van der Waals surface area contributed by atoms with Crippen LogP contribution in [-0.2, 0) is 12.3 Å². The smallest absolute Gasteiger partial charge is 0.191 e. The van der Waals surface area contributed by atoms with Crippen molar-refractivity contribution in [3.05, 3.63) is 58.8 Å². The molecule has 0 radical (unpaired) electrons. The first-order chi connectivity index (χ1) is 11.6. The van der Waals surface area contributed by atoms with Gasteiger partial charge in [-0.15, -0.1) is 10.2 Å². The van der Waals surface area contributed by atoms with Crippen molar-refractivity contribution in [1.29, 1.82) is 0 Å². The normalized spacial score (nSPS) is 11.2. The van der Waals surface area contributed by atoms with Gasteiger partial charge in [-0.3, -0.25) is 4.98 Å². The van der Waals surface area contributed by atoms with Gasteiger partial charge in [-0.05, 0) is 35.7 Å². The second-order valence-electron chi connectivity index (χ2n) is 5.96. The van der Waals surface area contributed by atoms with Crippen LogP contribution in [0.25, 0.3) is 11.4 Å². The van der Waals surface area contributed by atoms with E-state index in [1.54, 1.807) is 24.2 Å². The highest BCUT2D eigenvalue weighted by Crippen LogP contribution is 2.27. The largest absolute Gasteiger partial charge is 0.302 e. The lowest BCUT2D eigenvalue weighted by Gasteiger charge is -2.12. The third-order valence-electron chi connectivity index (χ3n) is 3.48. The Bertz CT molecular complexity index is 785. The predicted molar refractivity (Wildman–Crippen MR) is 102 cm³/mol. The first-order valence-corrected chi connectivity index (χ1v) is 9.62. The van der Waals surface area contributed by atoms with Crippen molar-refractivity contribution < 1.29 is 0 Å². The third kappa shape index (κ3) is 4.24. The van der Waals surface area contributed by atoms with Crippen LogP contribution in [0.4, 0.5) is 0 Å². The number of halogens is 1. The van der Waals surface area contributed by atoms with E-state index in [0.29, 0.717) is 5.92 Å². The lowest BCUT2D eigenvalue weighted by Crippen LogP contribution is -2.07. The van der Waals surface area contributed by atoms with Crippen LogP contribution in [0.1, 0.15) is 19.4 Å². The number of thioether (sulfide) groups is 1.